The summed E-state index contributed by atoms with van der Waals surface area (Å²) in [5, 5.41) is 9.15. The van der Waals surface area contributed by atoms with E-state index in [9.17, 15) is 9.59 Å². The van der Waals surface area contributed by atoms with E-state index in [1.54, 1.807) is 0 Å². The molecule has 21 heavy (non-hydrogen) atoms. The molecule has 0 bridgehead atoms. The van der Waals surface area contributed by atoms with Gasteiger partial charge in [0.1, 0.15) is 22.6 Å². The normalized spacial score (nSPS) is 9.95. The van der Waals surface area contributed by atoms with E-state index in [2.05, 4.69) is 4.98 Å². The first-order valence-corrected chi connectivity index (χ1v) is 5.87. The van der Waals surface area contributed by atoms with Gasteiger partial charge in [0.2, 0.25) is 5.88 Å². The standard InChI is InChI=1S/C14H12N2O5/c1-20-8-4-5-9(14(18)19)11(7-8)21-13-10(12(15)17)3-2-6-16-13/h2-7H,1H3,(H2,15,17)(H,18,19). The van der Waals surface area contributed by atoms with Crippen molar-refractivity contribution in [3.63, 3.8) is 0 Å². The predicted molar refractivity (Wildman–Crippen MR) is 72.8 cm³/mol. The van der Waals surface area contributed by atoms with Gasteiger partial charge in [-0.3, -0.25) is 4.79 Å². The van der Waals surface area contributed by atoms with Crippen molar-refractivity contribution in [3.8, 4) is 17.4 Å². The second-order valence-corrected chi connectivity index (χ2v) is 3.99. The van der Waals surface area contributed by atoms with Gasteiger partial charge < -0.3 is 20.3 Å². The van der Waals surface area contributed by atoms with Crippen LogP contribution >= 0.6 is 0 Å². The summed E-state index contributed by atoms with van der Waals surface area (Å²) in [6, 6.07) is 7.18. The highest BCUT2D eigenvalue weighted by molar-refractivity contribution is 5.95. The van der Waals surface area contributed by atoms with Crippen molar-refractivity contribution < 1.29 is 24.2 Å². The van der Waals surface area contributed by atoms with Crippen LogP contribution in [0.1, 0.15) is 20.7 Å². The van der Waals surface area contributed by atoms with Crippen molar-refractivity contribution in [1.82, 2.24) is 4.98 Å². The van der Waals surface area contributed by atoms with Crippen LogP contribution in [0.15, 0.2) is 36.5 Å². The number of carbonyl (C=O) groups is 2. The molecule has 0 aliphatic carbocycles. The molecule has 1 aromatic carbocycles. The maximum atomic E-state index is 11.3. The number of amides is 1. The Kier molecular flexibility index (Phi) is 4.03. The fourth-order valence-electron chi connectivity index (χ4n) is 1.65. The molecule has 108 valence electrons. The van der Waals surface area contributed by atoms with Gasteiger partial charge in [0.15, 0.2) is 0 Å². The Morgan fingerprint density at radius 3 is 2.62 bits per heavy atom. The van der Waals surface area contributed by atoms with Crippen LogP contribution in [0.5, 0.6) is 17.4 Å². The van der Waals surface area contributed by atoms with Crippen LogP contribution in [-0.4, -0.2) is 29.1 Å². The van der Waals surface area contributed by atoms with Crippen LogP contribution in [0.4, 0.5) is 0 Å². The lowest BCUT2D eigenvalue weighted by Gasteiger charge is -2.11. The Morgan fingerprint density at radius 1 is 1.24 bits per heavy atom. The van der Waals surface area contributed by atoms with Gasteiger partial charge >= 0.3 is 5.97 Å². The Bertz CT molecular complexity index is 700. The third-order valence-electron chi connectivity index (χ3n) is 2.66. The highest BCUT2D eigenvalue weighted by atomic mass is 16.5. The molecule has 7 nitrogen and oxygen atoms in total. The number of methoxy groups -OCH3 is 1. The number of ether oxygens (including phenoxy) is 2. The highest BCUT2D eigenvalue weighted by Gasteiger charge is 2.17. The van der Waals surface area contributed by atoms with E-state index in [0.29, 0.717) is 5.75 Å². The van der Waals surface area contributed by atoms with E-state index in [4.69, 9.17) is 20.3 Å². The summed E-state index contributed by atoms with van der Waals surface area (Å²) in [6.07, 6.45) is 1.41. The smallest absolute Gasteiger partial charge is 0.339 e. The number of primary amides is 1. The summed E-state index contributed by atoms with van der Waals surface area (Å²) in [6.45, 7) is 0. The van der Waals surface area contributed by atoms with Gasteiger partial charge in [0, 0.05) is 12.3 Å². The van der Waals surface area contributed by atoms with Gasteiger partial charge in [0.05, 0.1) is 7.11 Å². The van der Waals surface area contributed by atoms with E-state index < -0.39 is 11.9 Å². The number of hydrogen-bond acceptors (Lipinski definition) is 5. The number of aromatic carboxylic acids is 1. The lowest BCUT2D eigenvalue weighted by molar-refractivity contribution is 0.0694. The fraction of sp³-hybridized carbons (Fsp3) is 0.0714. The molecule has 1 amide bonds. The molecule has 0 saturated carbocycles. The van der Waals surface area contributed by atoms with E-state index >= 15 is 0 Å². The molecule has 0 saturated heterocycles. The Balaban J connectivity index is 2.48. The number of carbonyl (C=O) groups excluding carboxylic acids is 1. The Labute approximate surface area is 119 Å². The number of hydrogen-bond donors (Lipinski definition) is 2. The second-order valence-electron chi connectivity index (χ2n) is 3.99. The summed E-state index contributed by atoms with van der Waals surface area (Å²) in [5.74, 6) is -1.56. The monoisotopic (exact) mass is 288 g/mol. The van der Waals surface area contributed by atoms with Gasteiger partial charge in [0.25, 0.3) is 5.91 Å². The summed E-state index contributed by atoms with van der Waals surface area (Å²) in [4.78, 5) is 26.4. The molecule has 0 aliphatic heterocycles. The van der Waals surface area contributed by atoms with Crippen LogP contribution in [-0.2, 0) is 0 Å². The van der Waals surface area contributed by atoms with Crippen LogP contribution in [0.3, 0.4) is 0 Å². The highest BCUT2D eigenvalue weighted by Crippen LogP contribution is 2.30. The molecule has 1 heterocycles. The average molecular weight is 288 g/mol. The van der Waals surface area contributed by atoms with Crippen LogP contribution in [0, 0.1) is 0 Å². The number of nitrogens with zero attached hydrogens (tertiary/aromatic N) is 1. The molecule has 1 aromatic heterocycles. The zero-order valence-electron chi connectivity index (χ0n) is 11.1. The minimum absolute atomic E-state index is 0.00282. The topological polar surface area (TPSA) is 112 Å². The molecule has 7 heteroatoms. The fourth-order valence-corrected chi connectivity index (χ4v) is 1.65. The van der Waals surface area contributed by atoms with E-state index in [1.807, 2.05) is 0 Å². The van der Waals surface area contributed by atoms with Gasteiger partial charge in [-0.25, -0.2) is 9.78 Å². The van der Waals surface area contributed by atoms with Crippen LogP contribution in [0.25, 0.3) is 0 Å². The lowest BCUT2D eigenvalue weighted by Crippen LogP contribution is -2.13. The number of aromatic nitrogens is 1. The maximum absolute atomic E-state index is 11.3. The number of carboxylic acids is 1. The molecule has 0 radical (unpaired) electrons. The second kappa shape index (κ2) is 5.91. The molecular weight excluding hydrogens is 276 g/mol. The van der Waals surface area contributed by atoms with E-state index in [1.165, 1.54) is 43.6 Å². The minimum Gasteiger partial charge on any atom is -0.497 e. The number of pyridine rings is 1. The molecule has 0 atom stereocenters. The number of nitrogens with two attached hydrogens (primary N) is 1. The lowest BCUT2D eigenvalue weighted by atomic mass is 10.2. The summed E-state index contributed by atoms with van der Waals surface area (Å²) in [7, 11) is 1.44. The summed E-state index contributed by atoms with van der Waals surface area (Å²) in [5.41, 5.74) is 5.19. The number of rotatable bonds is 5. The van der Waals surface area contributed by atoms with Crippen LogP contribution < -0.4 is 15.2 Å². The molecule has 3 N–H and O–H groups in total. The Hall–Kier alpha value is -3.09. The molecule has 0 spiro atoms. The molecule has 2 aromatic rings. The Morgan fingerprint density at radius 2 is 2.00 bits per heavy atom. The number of benzene rings is 1. The van der Waals surface area contributed by atoms with Gasteiger partial charge in [-0.05, 0) is 24.3 Å². The van der Waals surface area contributed by atoms with Gasteiger partial charge in [-0.1, -0.05) is 0 Å². The average Bonchev–Trinajstić information content (AvgIpc) is 2.47. The summed E-state index contributed by atoms with van der Waals surface area (Å²) >= 11 is 0. The van der Waals surface area contributed by atoms with E-state index in [0.717, 1.165) is 0 Å². The zero-order valence-corrected chi connectivity index (χ0v) is 11.1. The van der Waals surface area contributed by atoms with E-state index in [-0.39, 0.29) is 22.8 Å². The maximum Gasteiger partial charge on any atom is 0.339 e. The largest absolute Gasteiger partial charge is 0.497 e. The van der Waals surface area contributed by atoms with Crippen molar-refractivity contribution in [2.24, 2.45) is 5.73 Å². The van der Waals surface area contributed by atoms with Crippen molar-refractivity contribution in [3.05, 3.63) is 47.7 Å². The van der Waals surface area contributed by atoms with Crippen molar-refractivity contribution in [1.29, 1.82) is 0 Å². The molecule has 2 rings (SSSR count). The zero-order chi connectivity index (χ0) is 15.4. The SMILES string of the molecule is COc1ccc(C(=O)O)c(Oc2ncccc2C(N)=O)c1. The molecule has 0 aliphatic rings. The third-order valence-corrected chi connectivity index (χ3v) is 2.66. The predicted octanol–water partition coefficient (Wildman–Crippen LogP) is 1.68. The van der Waals surface area contributed by atoms with Crippen molar-refractivity contribution in [2.45, 2.75) is 0 Å². The first kappa shape index (κ1) is 14.3. The third kappa shape index (κ3) is 3.08. The number of carboxylic acid groups (broad SMARTS) is 1. The first-order chi connectivity index (χ1) is 10.0. The van der Waals surface area contributed by atoms with Crippen LogP contribution in [0.2, 0.25) is 0 Å². The van der Waals surface area contributed by atoms with Crippen molar-refractivity contribution in [2.75, 3.05) is 7.11 Å². The quantitative estimate of drug-likeness (QED) is 0.865. The first-order valence-electron chi connectivity index (χ1n) is 5.87. The molecule has 0 fully saturated rings. The van der Waals surface area contributed by atoms with Crippen molar-refractivity contribution >= 4 is 11.9 Å². The molecule has 0 unspecified atom stereocenters. The minimum atomic E-state index is -1.18. The van der Waals surface area contributed by atoms with Gasteiger partial charge in [-0.2, -0.15) is 0 Å². The summed E-state index contributed by atoms with van der Waals surface area (Å²) < 4.78 is 10.5. The molecular formula is C14H12N2O5. The van der Waals surface area contributed by atoms with Gasteiger partial charge in [-0.15, -0.1) is 0 Å².